The van der Waals surface area contributed by atoms with Gasteiger partial charge in [0.1, 0.15) is 22.8 Å². The third kappa shape index (κ3) is 4.97. The van der Waals surface area contributed by atoms with Gasteiger partial charge in [-0.25, -0.2) is 9.98 Å². The second kappa shape index (κ2) is 11.3. The van der Waals surface area contributed by atoms with E-state index in [0.717, 1.165) is 0 Å². The second-order valence-corrected chi connectivity index (χ2v) is 10.6. The van der Waals surface area contributed by atoms with Crippen LogP contribution in [-0.2, 0) is 0 Å². The summed E-state index contributed by atoms with van der Waals surface area (Å²) in [7, 11) is 0. The van der Waals surface area contributed by atoms with Crippen LogP contribution in [-0.4, -0.2) is 11.7 Å². The highest BCUT2D eigenvalue weighted by Crippen LogP contribution is 2.37. The molecule has 0 bridgehead atoms. The van der Waals surface area contributed by atoms with Crippen molar-refractivity contribution in [2.45, 2.75) is 6.17 Å². The summed E-state index contributed by atoms with van der Waals surface area (Å²) in [6, 6.07) is 9.01. The predicted octanol–water partition coefficient (Wildman–Crippen LogP) is 10.6. The van der Waals surface area contributed by atoms with Crippen LogP contribution in [0.3, 0.4) is 0 Å². The molecule has 0 spiro atoms. The Hall–Kier alpha value is -6.26. The number of amidine groups is 2. The Bertz CT molecular complexity index is 3340. The summed E-state index contributed by atoms with van der Waals surface area (Å²) in [6.45, 7) is 0. The van der Waals surface area contributed by atoms with Gasteiger partial charge in [0.25, 0.3) is 0 Å². The van der Waals surface area contributed by atoms with E-state index in [4.69, 9.17) is 32.2 Å². The molecule has 7 aromatic carbocycles. The first kappa shape index (κ1) is 15.4. The number of fused-ring (bicyclic) bond motifs is 4. The number of furan rings is 1. The Morgan fingerprint density at radius 2 is 1.23 bits per heavy atom. The van der Waals surface area contributed by atoms with Crippen LogP contribution in [0.4, 0.5) is 0 Å². The minimum absolute atomic E-state index is 0.0926. The first-order valence-corrected chi connectivity index (χ1v) is 14.6. The number of nitrogens with zero attached hydrogens (tertiary/aromatic N) is 2. The number of benzene rings is 7. The van der Waals surface area contributed by atoms with Gasteiger partial charge in [-0.2, -0.15) is 0 Å². The molecule has 4 heteroatoms. The van der Waals surface area contributed by atoms with Crippen LogP contribution in [0.25, 0.3) is 55.0 Å². The van der Waals surface area contributed by atoms with E-state index in [9.17, 15) is 4.11 Å². The van der Waals surface area contributed by atoms with Crippen molar-refractivity contribution in [3.05, 3.63) is 180 Å². The molecule has 2 heterocycles. The summed E-state index contributed by atoms with van der Waals surface area (Å²) >= 11 is 0. The molecule has 0 radical (unpaired) electrons. The zero-order chi connectivity index (χ0) is 45.1. The first-order valence-electron chi connectivity index (χ1n) is 22.6. The van der Waals surface area contributed by atoms with E-state index >= 15 is 0 Å². The number of rotatable bonds is 5. The Balaban J connectivity index is 1.34. The van der Waals surface area contributed by atoms with Crippen molar-refractivity contribution in [1.29, 1.82) is 0 Å². The number of para-hydroxylation sites is 1. The lowest BCUT2D eigenvalue weighted by molar-refractivity contribution is 0.669. The third-order valence-corrected chi connectivity index (χ3v) is 7.71. The van der Waals surface area contributed by atoms with Crippen LogP contribution in [0.5, 0.6) is 0 Å². The standard InChI is InChI=1S/C43H29N3O/c1-4-12-28(13-5-1)31-20-21-33-25-34(23-22-32(33)24-31)42-44-41(30-16-8-3-9-17-30)45-43(46-42)37-26-35(29-14-6-2-7-15-29)27-39-40(37)36-18-10-11-19-38(36)47-39/h1-27,42H,(H,44,45,46)/i1D,2D,4D,5D,6D,7D,12D,13D,14D,15D,20D,21D,22D,23D,24D,25D. The van der Waals surface area contributed by atoms with E-state index in [2.05, 4.69) is 5.32 Å². The van der Waals surface area contributed by atoms with Crippen molar-refractivity contribution in [2.75, 3.05) is 0 Å². The molecule has 222 valence electrons. The number of aliphatic imine (C=N–C) groups is 2. The van der Waals surface area contributed by atoms with Crippen LogP contribution in [0.1, 0.15) is 44.8 Å². The molecule has 47 heavy (non-hydrogen) atoms. The first-order chi connectivity index (χ1) is 29.9. The fourth-order valence-electron chi connectivity index (χ4n) is 5.56. The number of nitrogens with one attached hydrogen (secondary N) is 1. The molecule has 1 aliphatic heterocycles. The molecule has 1 aromatic heterocycles. The highest BCUT2D eigenvalue weighted by Gasteiger charge is 2.24. The summed E-state index contributed by atoms with van der Waals surface area (Å²) in [6.07, 6.45) is -1.48. The Morgan fingerprint density at radius 3 is 2.04 bits per heavy atom. The fourth-order valence-corrected chi connectivity index (χ4v) is 5.56. The molecule has 0 aliphatic carbocycles. The zero-order valence-corrected chi connectivity index (χ0v) is 24.2. The lowest BCUT2D eigenvalue weighted by Crippen LogP contribution is -2.36. The molecule has 1 unspecified atom stereocenters. The number of hydrogen-bond donors (Lipinski definition) is 1. The van der Waals surface area contributed by atoms with Crippen molar-refractivity contribution in [1.82, 2.24) is 5.32 Å². The molecule has 0 saturated carbocycles. The van der Waals surface area contributed by atoms with E-state index in [1.807, 2.05) is 6.07 Å². The fraction of sp³-hybridized carbons (Fsp3) is 0.0233. The summed E-state index contributed by atoms with van der Waals surface area (Å²) in [5.74, 6) is 0.297. The second-order valence-electron chi connectivity index (χ2n) is 10.6. The van der Waals surface area contributed by atoms with Gasteiger partial charge in [-0.3, -0.25) is 0 Å². The molecule has 0 amide bonds. The molecular formula is C43H29N3O. The maximum atomic E-state index is 9.49. The van der Waals surface area contributed by atoms with Crippen LogP contribution < -0.4 is 5.32 Å². The highest BCUT2D eigenvalue weighted by atomic mass is 16.3. The molecule has 1 aliphatic rings. The Labute approximate surface area is 294 Å². The summed E-state index contributed by atoms with van der Waals surface area (Å²) in [5, 5.41) is 3.62. The van der Waals surface area contributed by atoms with Crippen molar-refractivity contribution < 1.29 is 26.3 Å². The van der Waals surface area contributed by atoms with E-state index < -0.39 is 119 Å². The van der Waals surface area contributed by atoms with Crippen molar-refractivity contribution in [2.24, 2.45) is 9.98 Å². The lowest BCUT2D eigenvalue weighted by Gasteiger charge is -2.23. The van der Waals surface area contributed by atoms with Crippen LogP contribution in [0.2, 0.25) is 0 Å². The zero-order valence-electron chi connectivity index (χ0n) is 40.2. The van der Waals surface area contributed by atoms with Gasteiger partial charge in [-0.05, 0) is 68.9 Å². The van der Waals surface area contributed by atoms with E-state index in [0.29, 0.717) is 27.5 Å². The van der Waals surface area contributed by atoms with Gasteiger partial charge in [0.15, 0.2) is 6.17 Å². The van der Waals surface area contributed by atoms with Gasteiger partial charge < -0.3 is 9.73 Å². The molecule has 0 fully saturated rings. The number of hydrogen-bond acceptors (Lipinski definition) is 4. The predicted molar refractivity (Wildman–Crippen MR) is 194 cm³/mol. The summed E-state index contributed by atoms with van der Waals surface area (Å²) in [4.78, 5) is 9.72. The quantitative estimate of drug-likeness (QED) is 0.208. The molecule has 9 rings (SSSR count). The van der Waals surface area contributed by atoms with Crippen molar-refractivity contribution in [3.8, 4) is 22.3 Å². The Kier molecular flexibility index (Phi) is 3.68. The van der Waals surface area contributed by atoms with Crippen LogP contribution in [0.15, 0.2) is 178 Å². The lowest BCUT2D eigenvalue weighted by atomic mass is 9.97. The van der Waals surface area contributed by atoms with Gasteiger partial charge in [0.05, 0.1) is 21.9 Å². The van der Waals surface area contributed by atoms with E-state index in [1.54, 1.807) is 60.7 Å². The Morgan fingerprint density at radius 1 is 0.553 bits per heavy atom. The maximum absolute atomic E-state index is 9.49. The van der Waals surface area contributed by atoms with Gasteiger partial charge in [-0.15, -0.1) is 0 Å². The summed E-state index contributed by atoms with van der Waals surface area (Å²) in [5.41, 5.74) is 0.390. The molecule has 1 atom stereocenters. The average molecular weight is 620 g/mol. The van der Waals surface area contributed by atoms with Gasteiger partial charge >= 0.3 is 0 Å². The SMILES string of the molecule is [2H]c1c([2H])c([2H])c(-c2cc(C3=NC(c4c([2H])c([2H])c5c([2H])c(-c6c([2H])c([2H])c([2H])c([2H])c6[2H])c([2H])c([2H])c5c4[2H])N=C(c4ccccc4)N3)c3c(c2)oc2ccccc23)c([2H])c1[2H]. The highest BCUT2D eigenvalue weighted by molar-refractivity contribution is 6.24. The van der Waals surface area contributed by atoms with Gasteiger partial charge in [0, 0.05) is 21.9 Å². The minimum atomic E-state index is -1.48. The van der Waals surface area contributed by atoms with Crippen LogP contribution in [0, 0.1) is 0 Å². The van der Waals surface area contributed by atoms with Crippen molar-refractivity contribution in [3.63, 3.8) is 0 Å². The third-order valence-electron chi connectivity index (χ3n) is 7.71. The minimum Gasteiger partial charge on any atom is -0.456 e. The topological polar surface area (TPSA) is 49.9 Å². The van der Waals surface area contributed by atoms with Gasteiger partial charge in [-0.1, -0.05) is 133 Å². The molecule has 4 nitrogen and oxygen atoms in total. The van der Waals surface area contributed by atoms with Crippen LogP contribution >= 0.6 is 0 Å². The summed E-state index contributed by atoms with van der Waals surface area (Å²) < 4.78 is 145. The van der Waals surface area contributed by atoms with Crippen molar-refractivity contribution >= 4 is 44.4 Å². The van der Waals surface area contributed by atoms with E-state index in [1.165, 1.54) is 0 Å². The molecule has 1 N–H and O–H groups in total. The van der Waals surface area contributed by atoms with E-state index in [-0.39, 0.29) is 39.3 Å². The average Bonchev–Trinajstić information content (AvgIpc) is 3.66. The molecule has 8 aromatic rings. The smallest absolute Gasteiger partial charge is 0.169 e. The monoisotopic (exact) mass is 619 g/mol. The molecular weight excluding hydrogens is 574 g/mol. The normalized spacial score (nSPS) is 19.4. The molecule has 0 saturated heterocycles. The van der Waals surface area contributed by atoms with Gasteiger partial charge in [0.2, 0.25) is 0 Å². The largest absolute Gasteiger partial charge is 0.456 e. The maximum Gasteiger partial charge on any atom is 0.169 e.